The summed E-state index contributed by atoms with van der Waals surface area (Å²) < 4.78 is 5.29. The molecule has 1 aliphatic heterocycles. The van der Waals surface area contributed by atoms with Crippen LogP contribution in [-0.4, -0.2) is 37.4 Å². The highest BCUT2D eigenvalue weighted by Crippen LogP contribution is 2.31. The van der Waals surface area contributed by atoms with Gasteiger partial charge in [-0.2, -0.15) is 0 Å². The van der Waals surface area contributed by atoms with Gasteiger partial charge in [-0.1, -0.05) is 6.07 Å². The SMILES string of the molecule is CC(=O)NCCNC(=O)c1cccc2c1OCC(=O)N2. The van der Waals surface area contributed by atoms with Gasteiger partial charge in [0, 0.05) is 20.0 Å². The fourth-order valence-corrected chi connectivity index (χ4v) is 1.80. The van der Waals surface area contributed by atoms with Crippen LogP contribution in [-0.2, 0) is 9.59 Å². The zero-order chi connectivity index (χ0) is 14.5. The summed E-state index contributed by atoms with van der Waals surface area (Å²) in [5.74, 6) is -0.351. The van der Waals surface area contributed by atoms with E-state index >= 15 is 0 Å². The average Bonchev–Trinajstić information content (AvgIpc) is 2.42. The summed E-state index contributed by atoms with van der Waals surface area (Å²) >= 11 is 0. The Kier molecular flexibility index (Phi) is 4.19. The standard InChI is InChI=1S/C13H15N3O4/c1-8(17)14-5-6-15-13(19)9-3-2-4-10-12(9)20-7-11(18)16-10/h2-4H,5-7H2,1H3,(H,14,17)(H,15,19)(H,16,18). The summed E-state index contributed by atoms with van der Waals surface area (Å²) in [4.78, 5) is 33.9. The molecule has 2 rings (SSSR count). The third kappa shape index (κ3) is 3.25. The molecule has 1 aromatic carbocycles. The maximum atomic E-state index is 12.0. The Morgan fingerprint density at radius 2 is 2.05 bits per heavy atom. The minimum atomic E-state index is -0.316. The molecule has 0 aromatic heterocycles. The van der Waals surface area contributed by atoms with Gasteiger partial charge in [-0.15, -0.1) is 0 Å². The van der Waals surface area contributed by atoms with E-state index in [1.807, 2.05) is 0 Å². The van der Waals surface area contributed by atoms with Crippen LogP contribution in [0.15, 0.2) is 18.2 Å². The van der Waals surface area contributed by atoms with Crippen LogP contribution in [0, 0.1) is 0 Å². The van der Waals surface area contributed by atoms with Crippen molar-refractivity contribution in [1.82, 2.24) is 10.6 Å². The molecule has 3 amide bonds. The second kappa shape index (κ2) is 6.05. The first-order valence-electron chi connectivity index (χ1n) is 6.16. The molecule has 0 unspecified atom stereocenters. The van der Waals surface area contributed by atoms with Gasteiger partial charge < -0.3 is 20.7 Å². The van der Waals surface area contributed by atoms with Crippen LogP contribution < -0.4 is 20.7 Å². The number of ether oxygens (including phenoxy) is 1. The summed E-state index contributed by atoms with van der Waals surface area (Å²) in [6.07, 6.45) is 0. The Morgan fingerprint density at radius 1 is 1.30 bits per heavy atom. The number of carbonyl (C=O) groups excluding carboxylic acids is 3. The molecule has 7 heteroatoms. The first kappa shape index (κ1) is 13.9. The van der Waals surface area contributed by atoms with Gasteiger partial charge in [0.1, 0.15) is 0 Å². The van der Waals surface area contributed by atoms with Crippen LogP contribution in [0.3, 0.4) is 0 Å². The lowest BCUT2D eigenvalue weighted by molar-refractivity contribution is -0.119. The molecular weight excluding hydrogens is 262 g/mol. The minimum absolute atomic E-state index is 0.108. The van der Waals surface area contributed by atoms with E-state index in [9.17, 15) is 14.4 Å². The van der Waals surface area contributed by atoms with Crippen molar-refractivity contribution in [2.24, 2.45) is 0 Å². The van der Waals surface area contributed by atoms with Crippen molar-refractivity contribution in [1.29, 1.82) is 0 Å². The zero-order valence-electron chi connectivity index (χ0n) is 11.0. The number of carbonyl (C=O) groups is 3. The van der Waals surface area contributed by atoms with Crippen LogP contribution in [0.5, 0.6) is 5.75 Å². The Balaban J connectivity index is 2.02. The van der Waals surface area contributed by atoms with E-state index in [2.05, 4.69) is 16.0 Å². The van der Waals surface area contributed by atoms with Gasteiger partial charge in [-0.05, 0) is 12.1 Å². The van der Waals surface area contributed by atoms with Crippen molar-refractivity contribution in [3.63, 3.8) is 0 Å². The summed E-state index contributed by atoms with van der Waals surface area (Å²) in [6.45, 7) is 1.97. The maximum absolute atomic E-state index is 12.0. The van der Waals surface area contributed by atoms with Gasteiger partial charge in [-0.25, -0.2) is 0 Å². The normalized spacial score (nSPS) is 12.8. The molecule has 0 radical (unpaired) electrons. The second-order valence-corrected chi connectivity index (χ2v) is 4.26. The Bertz CT molecular complexity index is 557. The number of fused-ring (bicyclic) bond motifs is 1. The first-order chi connectivity index (χ1) is 9.58. The van der Waals surface area contributed by atoms with E-state index in [-0.39, 0.29) is 24.3 Å². The molecule has 0 spiro atoms. The molecule has 106 valence electrons. The van der Waals surface area contributed by atoms with Crippen molar-refractivity contribution < 1.29 is 19.1 Å². The number of nitrogens with one attached hydrogen (secondary N) is 3. The number of amides is 3. The molecule has 0 fully saturated rings. The summed E-state index contributed by atoms with van der Waals surface area (Å²) in [5.41, 5.74) is 0.834. The highest BCUT2D eigenvalue weighted by atomic mass is 16.5. The van der Waals surface area contributed by atoms with Gasteiger partial charge in [0.05, 0.1) is 11.3 Å². The Morgan fingerprint density at radius 3 is 2.80 bits per heavy atom. The molecule has 20 heavy (non-hydrogen) atoms. The van der Waals surface area contributed by atoms with Crippen molar-refractivity contribution in [3.05, 3.63) is 23.8 Å². The predicted octanol–water partition coefficient (Wildman–Crippen LogP) is -0.117. The Labute approximate surface area is 115 Å². The molecule has 7 nitrogen and oxygen atoms in total. The molecule has 0 saturated heterocycles. The molecule has 1 heterocycles. The molecule has 1 aromatic rings. The van der Waals surface area contributed by atoms with E-state index in [0.29, 0.717) is 30.1 Å². The highest BCUT2D eigenvalue weighted by Gasteiger charge is 2.22. The lowest BCUT2D eigenvalue weighted by atomic mass is 10.1. The lowest BCUT2D eigenvalue weighted by Gasteiger charge is -2.20. The van der Waals surface area contributed by atoms with Crippen molar-refractivity contribution >= 4 is 23.4 Å². The summed E-state index contributed by atoms with van der Waals surface area (Å²) in [7, 11) is 0. The predicted molar refractivity (Wildman–Crippen MR) is 71.6 cm³/mol. The topological polar surface area (TPSA) is 96.5 Å². The Hall–Kier alpha value is -2.57. The highest BCUT2D eigenvalue weighted by molar-refractivity contribution is 6.03. The lowest BCUT2D eigenvalue weighted by Crippen LogP contribution is -2.34. The van der Waals surface area contributed by atoms with Gasteiger partial charge >= 0.3 is 0 Å². The molecular formula is C13H15N3O4. The van der Waals surface area contributed by atoms with Crippen molar-refractivity contribution in [2.45, 2.75) is 6.92 Å². The summed E-state index contributed by atoms with van der Waals surface area (Å²) in [6, 6.07) is 4.95. The number of hydrogen-bond donors (Lipinski definition) is 3. The van der Waals surface area contributed by atoms with E-state index in [0.717, 1.165) is 0 Å². The largest absolute Gasteiger partial charge is 0.481 e. The molecule has 1 aliphatic rings. The average molecular weight is 277 g/mol. The van der Waals surface area contributed by atoms with Crippen LogP contribution in [0.2, 0.25) is 0 Å². The molecule has 0 atom stereocenters. The number of anilines is 1. The van der Waals surface area contributed by atoms with E-state index in [4.69, 9.17) is 4.74 Å². The maximum Gasteiger partial charge on any atom is 0.262 e. The van der Waals surface area contributed by atoms with Crippen LogP contribution >= 0.6 is 0 Å². The van der Waals surface area contributed by atoms with Gasteiger partial charge in [0.25, 0.3) is 11.8 Å². The number of para-hydroxylation sites is 1. The fraction of sp³-hybridized carbons (Fsp3) is 0.308. The zero-order valence-corrected chi connectivity index (χ0v) is 11.0. The van der Waals surface area contributed by atoms with Gasteiger partial charge in [0.2, 0.25) is 5.91 Å². The smallest absolute Gasteiger partial charge is 0.262 e. The van der Waals surface area contributed by atoms with Crippen molar-refractivity contribution in [2.75, 3.05) is 25.0 Å². The second-order valence-electron chi connectivity index (χ2n) is 4.26. The quantitative estimate of drug-likeness (QED) is 0.669. The van der Waals surface area contributed by atoms with Gasteiger partial charge in [0.15, 0.2) is 12.4 Å². The van der Waals surface area contributed by atoms with E-state index in [1.165, 1.54) is 6.92 Å². The van der Waals surface area contributed by atoms with Gasteiger partial charge in [-0.3, -0.25) is 14.4 Å². The molecule has 3 N–H and O–H groups in total. The van der Waals surface area contributed by atoms with Crippen LogP contribution in [0.4, 0.5) is 5.69 Å². The summed E-state index contributed by atoms with van der Waals surface area (Å²) in [5, 5.41) is 7.88. The number of hydrogen-bond acceptors (Lipinski definition) is 4. The molecule has 0 saturated carbocycles. The fourth-order valence-electron chi connectivity index (χ4n) is 1.80. The first-order valence-corrected chi connectivity index (χ1v) is 6.16. The minimum Gasteiger partial charge on any atom is -0.481 e. The third-order valence-corrected chi connectivity index (χ3v) is 2.67. The van der Waals surface area contributed by atoms with E-state index < -0.39 is 0 Å². The molecule has 0 aliphatic carbocycles. The van der Waals surface area contributed by atoms with Crippen LogP contribution in [0.25, 0.3) is 0 Å². The third-order valence-electron chi connectivity index (χ3n) is 2.67. The number of benzene rings is 1. The monoisotopic (exact) mass is 277 g/mol. The van der Waals surface area contributed by atoms with E-state index in [1.54, 1.807) is 18.2 Å². The number of rotatable bonds is 4. The molecule has 0 bridgehead atoms. The van der Waals surface area contributed by atoms with Crippen molar-refractivity contribution in [3.8, 4) is 5.75 Å². The van der Waals surface area contributed by atoms with Crippen LogP contribution in [0.1, 0.15) is 17.3 Å².